The van der Waals surface area contributed by atoms with Gasteiger partial charge in [0.05, 0.1) is 0 Å². The minimum atomic E-state index is -3.24. The van der Waals surface area contributed by atoms with Gasteiger partial charge in [0.2, 0.25) is 0 Å². The molecule has 1 heterocycles. The van der Waals surface area contributed by atoms with Crippen molar-refractivity contribution in [2.75, 3.05) is 13.1 Å². The molecule has 0 aromatic carbocycles. The Bertz CT molecular complexity index is 256. The Morgan fingerprint density at radius 2 is 2.19 bits per heavy atom. The number of carbonyl (C=O) groups excluding carboxylic acids is 1. The van der Waals surface area contributed by atoms with Crippen LogP contribution in [0.25, 0.3) is 0 Å². The topological polar surface area (TPSA) is 46.3 Å². The predicted octanol–water partition coefficient (Wildman–Crippen LogP) is 1.62. The van der Waals surface area contributed by atoms with Gasteiger partial charge in [-0.25, -0.2) is 0 Å². The molecular weight excluding hydrogens is 214 g/mol. The zero-order valence-electron chi connectivity index (χ0n) is 9.88. The third-order valence-corrected chi connectivity index (χ3v) is 2.89. The minimum Gasteiger partial charge on any atom is -0.333 e. The van der Waals surface area contributed by atoms with Gasteiger partial charge in [0.1, 0.15) is 0 Å². The van der Waals surface area contributed by atoms with Crippen LogP contribution in [-0.2, 0) is 4.79 Å². The number of rotatable bonds is 4. The summed E-state index contributed by atoms with van der Waals surface area (Å²) in [6, 6.07) is -0.203. The van der Waals surface area contributed by atoms with E-state index in [0.29, 0.717) is 6.54 Å². The molecule has 1 saturated heterocycles. The Kier molecular flexibility index (Phi) is 4.24. The SMILES string of the molecule is CC(C)CC(F)(F)C(=O)N1CCCC1CN. The van der Waals surface area contributed by atoms with Gasteiger partial charge in [-0.05, 0) is 18.8 Å². The van der Waals surface area contributed by atoms with E-state index < -0.39 is 11.8 Å². The Hall–Kier alpha value is -0.710. The van der Waals surface area contributed by atoms with Gasteiger partial charge in [-0.15, -0.1) is 0 Å². The molecule has 1 aliphatic rings. The number of hydrogen-bond acceptors (Lipinski definition) is 2. The van der Waals surface area contributed by atoms with E-state index in [9.17, 15) is 13.6 Å². The lowest BCUT2D eigenvalue weighted by molar-refractivity contribution is -0.160. The summed E-state index contributed by atoms with van der Waals surface area (Å²) in [5.41, 5.74) is 5.47. The Labute approximate surface area is 95.0 Å². The van der Waals surface area contributed by atoms with Crippen LogP contribution < -0.4 is 5.73 Å². The summed E-state index contributed by atoms with van der Waals surface area (Å²) < 4.78 is 27.2. The van der Waals surface area contributed by atoms with Crippen LogP contribution in [-0.4, -0.2) is 35.9 Å². The third kappa shape index (κ3) is 2.90. The standard InChI is InChI=1S/C11H20F2N2O/c1-8(2)6-11(12,13)10(16)15-5-3-4-9(15)7-14/h8-9H,3-7,14H2,1-2H3. The lowest BCUT2D eigenvalue weighted by atomic mass is 10.0. The summed E-state index contributed by atoms with van der Waals surface area (Å²) in [5.74, 6) is -4.49. The van der Waals surface area contributed by atoms with Gasteiger partial charge in [-0.1, -0.05) is 13.8 Å². The number of nitrogens with two attached hydrogens (primary N) is 1. The summed E-state index contributed by atoms with van der Waals surface area (Å²) in [4.78, 5) is 12.9. The highest BCUT2D eigenvalue weighted by molar-refractivity contribution is 5.84. The summed E-state index contributed by atoms with van der Waals surface area (Å²) in [6.07, 6.45) is 1.12. The van der Waals surface area contributed by atoms with Crippen molar-refractivity contribution in [1.82, 2.24) is 4.90 Å². The van der Waals surface area contributed by atoms with Crippen molar-refractivity contribution in [2.24, 2.45) is 11.7 Å². The van der Waals surface area contributed by atoms with E-state index >= 15 is 0 Å². The fraction of sp³-hybridized carbons (Fsp3) is 0.909. The molecule has 1 amide bonds. The molecule has 0 bridgehead atoms. The first-order chi connectivity index (χ1) is 7.38. The fourth-order valence-electron chi connectivity index (χ4n) is 2.16. The number of carbonyl (C=O) groups is 1. The molecule has 1 atom stereocenters. The summed E-state index contributed by atoms with van der Waals surface area (Å²) in [5, 5.41) is 0. The molecule has 0 aromatic heterocycles. The molecule has 1 fully saturated rings. The van der Waals surface area contributed by atoms with Gasteiger partial charge >= 0.3 is 5.92 Å². The van der Waals surface area contributed by atoms with E-state index in [2.05, 4.69) is 0 Å². The molecule has 3 nitrogen and oxygen atoms in total. The number of amides is 1. The van der Waals surface area contributed by atoms with Crippen LogP contribution in [0, 0.1) is 5.92 Å². The van der Waals surface area contributed by atoms with E-state index in [-0.39, 0.29) is 24.9 Å². The van der Waals surface area contributed by atoms with Gasteiger partial charge in [0.15, 0.2) is 0 Å². The van der Waals surface area contributed by atoms with E-state index in [1.54, 1.807) is 13.8 Å². The quantitative estimate of drug-likeness (QED) is 0.803. The lowest BCUT2D eigenvalue weighted by Gasteiger charge is -2.28. The van der Waals surface area contributed by atoms with E-state index in [4.69, 9.17) is 5.73 Å². The molecule has 16 heavy (non-hydrogen) atoms. The first-order valence-corrected chi connectivity index (χ1v) is 5.77. The maximum absolute atomic E-state index is 13.6. The van der Waals surface area contributed by atoms with Crippen molar-refractivity contribution in [2.45, 2.75) is 45.1 Å². The average Bonchev–Trinajstić information content (AvgIpc) is 2.61. The van der Waals surface area contributed by atoms with E-state index in [1.165, 1.54) is 4.90 Å². The van der Waals surface area contributed by atoms with Crippen LogP contribution in [0.5, 0.6) is 0 Å². The van der Waals surface area contributed by atoms with Crippen LogP contribution in [0.2, 0.25) is 0 Å². The molecule has 0 spiro atoms. The first-order valence-electron chi connectivity index (χ1n) is 5.77. The Morgan fingerprint density at radius 3 is 2.69 bits per heavy atom. The van der Waals surface area contributed by atoms with Gasteiger partial charge in [-0.2, -0.15) is 8.78 Å². The van der Waals surface area contributed by atoms with Gasteiger partial charge in [-0.3, -0.25) is 4.79 Å². The van der Waals surface area contributed by atoms with Crippen molar-refractivity contribution in [3.05, 3.63) is 0 Å². The molecule has 1 aliphatic heterocycles. The zero-order valence-corrected chi connectivity index (χ0v) is 9.88. The van der Waals surface area contributed by atoms with Crippen molar-refractivity contribution >= 4 is 5.91 Å². The van der Waals surface area contributed by atoms with Crippen molar-refractivity contribution in [3.8, 4) is 0 Å². The van der Waals surface area contributed by atoms with Crippen LogP contribution in [0.15, 0.2) is 0 Å². The van der Waals surface area contributed by atoms with Crippen molar-refractivity contribution in [1.29, 1.82) is 0 Å². The highest BCUT2D eigenvalue weighted by Gasteiger charge is 2.45. The molecule has 1 rings (SSSR count). The Balaban J connectivity index is 2.68. The number of alkyl halides is 2. The van der Waals surface area contributed by atoms with E-state index in [1.807, 2.05) is 0 Å². The second-order valence-electron chi connectivity index (χ2n) is 4.83. The van der Waals surface area contributed by atoms with Crippen LogP contribution in [0.3, 0.4) is 0 Å². The van der Waals surface area contributed by atoms with Gasteiger partial charge in [0.25, 0.3) is 5.91 Å². The highest BCUT2D eigenvalue weighted by atomic mass is 19.3. The van der Waals surface area contributed by atoms with Gasteiger partial charge < -0.3 is 10.6 Å². The minimum absolute atomic E-state index is 0.196. The predicted molar refractivity (Wildman–Crippen MR) is 58.2 cm³/mol. The second-order valence-corrected chi connectivity index (χ2v) is 4.83. The molecule has 94 valence electrons. The first kappa shape index (κ1) is 13.4. The van der Waals surface area contributed by atoms with Crippen molar-refractivity contribution in [3.63, 3.8) is 0 Å². The highest BCUT2D eigenvalue weighted by Crippen LogP contribution is 2.29. The number of halogens is 2. The largest absolute Gasteiger partial charge is 0.333 e. The lowest BCUT2D eigenvalue weighted by Crippen LogP contribution is -2.48. The second kappa shape index (κ2) is 5.08. The Morgan fingerprint density at radius 1 is 1.56 bits per heavy atom. The molecule has 5 heteroatoms. The summed E-state index contributed by atoms with van der Waals surface area (Å²) >= 11 is 0. The molecule has 0 aromatic rings. The maximum atomic E-state index is 13.6. The van der Waals surface area contributed by atoms with Crippen LogP contribution in [0.1, 0.15) is 33.1 Å². The van der Waals surface area contributed by atoms with E-state index in [0.717, 1.165) is 12.8 Å². The summed E-state index contributed by atoms with van der Waals surface area (Å²) in [6.45, 7) is 4.05. The number of nitrogens with zero attached hydrogens (tertiary/aromatic N) is 1. The monoisotopic (exact) mass is 234 g/mol. The molecule has 0 radical (unpaired) electrons. The molecule has 2 N–H and O–H groups in total. The smallest absolute Gasteiger partial charge is 0.325 e. The fourth-order valence-corrected chi connectivity index (χ4v) is 2.16. The van der Waals surface area contributed by atoms with Crippen LogP contribution >= 0.6 is 0 Å². The van der Waals surface area contributed by atoms with Crippen LogP contribution in [0.4, 0.5) is 8.78 Å². The normalized spacial score (nSPS) is 21.9. The number of hydrogen-bond donors (Lipinski definition) is 1. The average molecular weight is 234 g/mol. The molecule has 0 aliphatic carbocycles. The molecule has 1 unspecified atom stereocenters. The summed E-state index contributed by atoms with van der Waals surface area (Å²) in [7, 11) is 0. The molecular formula is C11H20F2N2O. The van der Waals surface area contributed by atoms with Gasteiger partial charge in [0, 0.05) is 25.6 Å². The number of likely N-dealkylation sites (tertiary alicyclic amines) is 1. The zero-order chi connectivity index (χ0) is 12.3. The van der Waals surface area contributed by atoms with Crippen molar-refractivity contribution < 1.29 is 13.6 Å². The third-order valence-electron chi connectivity index (χ3n) is 2.89. The maximum Gasteiger partial charge on any atom is 0.325 e. The molecule has 0 saturated carbocycles.